The van der Waals surface area contributed by atoms with E-state index in [0.717, 1.165) is 16.7 Å². The Morgan fingerprint density at radius 2 is 1.29 bits per heavy atom. The lowest BCUT2D eigenvalue weighted by molar-refractivity contribution is -0.129. The van der Waals surface area contributed by atoms with E-state index >= 15 is 0 Å². The van der Waals surface area contributed by atoms with Crippen LogP contribution in [0.4, 0.5) is 4.79 Å². The molecule has 5 N–H and O–H groups in total. The van der Waals surface area contributed by atoms with Crippen LogP contribution in [-0.2, 0) is 20.9 Å². The van der Waals surface area contributed by atoms with Crippen molar-refractivity contribution >= 4 is 17.9 Å². The summed E-state index contributed by atoms with van der Waals surface area (Å²) in [5, 5.41) is 14.6. The Labute approximate surface area is 197 Å². The molecule has 0 aliphatic heterocycles. The number of alkyl carbamates (subject to hydrolysis) is 1. The number of hydrogen-bond acceptors (Lipinski definition) is 5. The molecule has 3 rings (SSSR count). The van der Waals surface area contributed by atoms with Gasteiger partial charge < -0.3 is 26.2 Å². The van der Waals surface area contributed by atoms with Crippen molar-refractivity contribution in [2.45, 2.75) is 24.6 Å². The molecule has 0 saturated heterocycles. The summed E-state index contributed by atoms with van der Waals surface area (Å²) in [7, 11) is 0. The van der Waals surface area contributed by atoms with Gasteiger partial charge in [-0.05, 0) is 16.7 Å². The number of amides is 3. The molecular formula is C26H27N3O5. The van der Waals surface area contributed by atoms with Crippen molar-refractivity contribution in [3.8, 4) is 0 Å². The van der Waals surface area contributed by atoms with E-state index in [1.165, 1.54) is 0 Å². The number of hydrogen-bond donors (Lipinski definition) is 4. The Bertz CT molecular complexity index is 1040. The van der Waals surface area contributed by atoms with Gasteiger partial charge in [0.25, 0.3) is 0 Å². The van der Waals surface area contributed by atoms with Gasteiger partial charge in [-0.25, -0.2) is 4.79 Å². The number of carbonyl (C=O) groups excluding carboxylic acids is 3. The summed E-state index contributed by atoms with van der Waals surface area (Å²) in [6.45, 7) is -0.695. The smallest absolute Gasteiger partial charge is 0.408 e. The molecule has 34 heavy (non-hydrogen) atoms. The molecule has 8 nitrogen and oxygen atoms in total. The van der Waals surface area contributed by atoms with E-state index in [0.29, 0.717) is 0 Å². The topological polar surface area (TPSA) is 131 Å². The highest BCUT2D eigenvalue weighted by atomic mass is 16.5. The first-order valence-corrected chi connectivity index (χ1v) is 10.8. The third kappa shape index (κ3) is 6.66. The van der Waals surface area contributed by atoms with Gasteiger partial charge in [0.15, 0.2) is 0 Å². The van der Waals surface area contributed by atoms with E-state index in [2.05, 4.69) is 10.6 Å². The number of aliphatic hydroxyl groups excluding tert-OH is 1. The molecule has 0 heterocycles. The number of aliphatic hydroxyl groups is 1. The van der Waals surface area contributed by atoms with Gasteiger partial charge in [0.2, 0.25) is 11.8 Å². The van der Waals surface area contributed by atoms with E-state index < -0.39 is 42.5 Å². The number of rotatable bonds is 10. The van der Waals surface area contributed by atoms with Gasteiger partial charge in [0.1, 0.15) is 18.7 Å². The number of nitrogens with two attached hydrogens (primary N) is 1. The Balaban J connectivity index is 1.73. The largest absolute Gasteiger partial charge is 0.445 e. The quantitative estimate of drug-likeness (QED) is 0.367. The molecule has 0 bridgehead atoms. The standard InChI is InChI=1S/C26H27N3O5/c27-24(31)23(22(19-12-6-2-7-13-19)20-14-8-3-9-15-20)29-25(32)21(16-30)28-26(33)34-17-18-10-4-1-5-11-18/h1-15,21-23,30H,16-17H2,(H2,27,31)(H,28,33)(H,29,32)/t21-,23+/m0/s1. The fraction of sp³-hybridized carbons (Fsp3) is 0.192. The van der Waals surface area contributed by atoms with Crippen molar-refractivity contribution in [1.82, 2.24) is 10.6 Å². The maximum absolute atomic E-state index is 12.9. The molecular weight excluding hydrogens is 434 g/mol. The molecule has 3 aromatic rings. The van der Waals surface area contributed by atoms with Gasteiger partial charge in [-0.1, -0.05) is 91.0 Å². The summed E-state index contributed by atoms with van der Waals surface area (Å²) in [6.07, 6.45) is -0.878. The van der Waals surface area contributed by atoms with Gasteiger partial charge in [-0.3, -0.25) is 9.59 Å². The Hall–Kier alpha value is -4.17. The molecule has 0 radical (unpaired) electrons. The highest BCUT2D eigenvalue weighted by Gasteiger charge is 2.33. The number of ether oxygens (including phenoxy) is 1. The van der Waals surface area contributed by atoms with Gasteiger partial charge >= 0.3 is 6.09 Å². The first kappa shape index (κ1) is 24.5. The monoisotopic (exact) mass is 461 g/mol. The van der Waals surface area contributed by atoms with E-state index in [9.17, 15) is 19.5 Å². The summed E-state index contributed by atoms with van der Waals surface area (Å²) in [6, 6.07) is 24.9. The molecule has 176 valence electrons. The second-order valence-corrected chi connectivity index (χ2v) is 7.63. The minimum absolute atomic E-state index is 0.000437. The molecule has 3 amide bonds. The summed E-state index contributed by atoms with van der Waals surface area (Å²) in [4.78, 5) is 37.5. The minimum Gasteiger partial charge on any atom is -0.445 e. The average molecular weight is 462 g/mol. The fourth-order valence-corrected chi connectivity index (χ4v) is 3.57. The van der Waals surface area contributed by atoms with Gasteiger partial charge in [0.05, 0.1) is 6.61 Å². The third-order valence-corrected chi connectivity index (χ3v) is 5.26. The highest BCUT2D eigenvalue weighted by molar-refractivity contribution is 5.91. The second kappa shape index (κ2) is 12.2. The normalized spacial score (nSPS) is 12.4. The zero-order chi connectivity index (χ0) is 24.3. The van der Waals surface area contributed by atoms with Crippen molar-refractivity contribution in [2.75, 3.05) is 6.61 Å². The Morgan fingerprint density at radius 1 is 0.794 bits per heavy atom. The average Bonchev–Trinajstić information content (AvgIpc) is 2.87. The summed E-state index contributed by atoms with van der Waals surface area (Å²) < 4.78 is 5.12. The first-order chi connectivity index (χ1) is 16.5. The molecule has 8 heteroatoms. The Morgan fingerprint density at radius 3 is 1.76 bits per heavy atom. The fourth-order valence-electron chi connectivity index (χ4n) is 3.57. The lowest BCUT2D eigenvalue weighted by Crippen LogP contribution is -2.56. The van der Waals surface area contributed by atoms with Crippen LogP contribution in [-0.4, -0.2) is 41.7 Å². The summed E-state index contributed by atoms with van der Waals surface area (Å²) in [5.74, 6) is -2.09. The molecule has 0 aliphatic carbocycles. The SMILES string of the molecule is NC(=O)[C@H](NC(=O)[C@H](CO)NC(=O)OCc1ccccc1)C(c1ccccc1)c1ccccc1. The molecule has 0 aliphatic rings. The van der Waals surface area contributed by atoms with Crippen LogP contribution < -0.4 is 16.4 Å². The molecule has 2 atom stereocenters. The van der Waals surface area contributed by atoms with E-state index in [1.807, 2.05) is 66.7 Å². The van der Waals surface area contributed by atoms with Crippen LogP contribution in [0.3, 0.4) is 0 Å². The van der Waals surface area contributed by atoms with Crippen LogP contribution in [0.1, 0.15) is 22.6 Å². The van der Waals surface area contributed by atoms with Crippen LogP contribution in [0.15, 0.2) is 91.0 Å². The lowest BCUT2D eigenvalue weighted by Gasteiger charge is -2.28. The number of benzene rings is 3. The van der Waals surface area contributed by atoms with Crippen LogP contribution in [0.2, 0.25) is 0 Å². The lowest BCUT2D eigenvalue weighted by atomic mass is 9.84. The Kier molecular flexibility index (Phi) is 8.76. The van der Waals surface area contributed by atoms with E-state index in [1.54, 1.807) is 24.3 Å². The van der Waals surface area contributed by atoms with Crippen molar-refractivity contribution in [2.24, 2.45) is 5.73 Å². The van der Waals surface area contributed by atoms with Gasteiger partial charge in [0, 0.05) is 5.92 Å². The maximum Gasteiger partial charge on any atom is 0.408 e. The van der Waals surface area contributed by atoms with Crippen LogP contribution in [0.5, 0.6) is 0 Å². The van der Waals surface area contributed by atoms with Crippen molar-refractivity contribution < 1.29 is 24.2 Å². The molecule has 0 fully saturated rings. The second-order valence-electron chi connectivity index (χ2n) is 7.63. The van der Waals surface area contributed by atoms with Crippen LogP contribution in [0, 0.1) is 0 Å². The zero-order valence-corrected chi connectivity index (χ0v) is 18.5. The van der Waals surface area contributed by atoms with E-state index in [4.69, 9.17) is 10.5 Å². The van der Waals surface area contributed by atoms with Gasteiger partial charge in [-0.2, -0.15) is 0 Å². The van der Waals surface area contributed by atoms with E-state index in [-0.39, 0.29) is 6.61 Å². The molecule has 0 saturated carbocycles. The van der Waals surface area contributed by atoms with Crippen molar-refractivity contribution in [3.05, 3.63) is 108 Å². The molecule has 0 aromatic heterocycles. The molecule has 0 unspecified atom stereocenters. The number of primary amides is 1. The zero-order valence-electron chi connectivity index (χ0n) is 18.5. The highest BCUT2D eigenvalue weighted by Crippen LogP contribution is 2.28. The first-order valence-electron chi connectivity index (χ1n) is 10.8. The minimum atomic E-state index is -1.34. The molecule has 3 aromatic carbocycles. The number of nitrogens with one attached hydrogen (secondary N) is 2. The molecule has 0 spiro atoms. The summed E-state index contributed by atoms with van der Waals surface area (Å²) >= 11 is 0. The predicted octanol–water partition coefficient (Wildman–Crippen LogP) is 2.08. The predicted molar refractivity (Wildman–Crippen MR) is 126 cm³/mol. The van der Waals surface area contributed by atoms with Crippen molar-refractivity contribution in [3.63, 3.8) is 0 Å². The van der Waals surface area contributed by atoms with Gasteiger partial charge in [-0.15, -0.1) is 0 Å². The van der Waals surface area contributed by atoms with Crippen LogP contribution >= 0.6 is 0 Å². The maximum atomic E-state index is 12.9. The third-order valence-electron chi connectivity index (χ3n) is 5.26. The van der Waals surface area contributed by atoms with Crippen LogP contribution in [0.25, 0.3) is 0 Å². The van der Waals surface area contributed by atoms with Crippen molar-refractivity contribution in [1.29, 1.82) is 0 Å². The summed E-state index contributed by atoms with van der Waals surface area (Å²) in [5.41, 5.74) is 8.00. The number of carbonyl (C=O) groups is 3.